The Morgan fingerprint density at radius 1 is 1.00 bits per heavy atom. The highest BCUT2D eigenvalue weighted by Gasteiger charge is 2.29. The van der Waals surface area contributed by atoms with Crippen LogP contribution in [0.4, 0.5) is 4.39 Å². The highest BCUT2D eigenvalue weighted by atomic mass is 19.1. The quantitative estimate of drug-likeness (QED) is 0.622. The topological polar surface area (TPSA) is 55.8 Å². The fraction of sp³-hybridized carbons (Fsp3) is 0.300. The van der Waals surface area contributed by atoms with Crippen LogP contribution in [0.2, 0.25) is 0 Å². The first kappa shape index (κ1) is 17.9. The SMILES string of the molecule is COc1ccccc1OC(=O)C1CCN(C(=O)c2ccc(F)cc2)CC1. The Kier molecular flexibility index (Phi) is 5.51. The van der Waals surface area contributed by atoms with Gasteiger partial charge in [0.05, 0.1) is 13.0 Å². The third-order valence-corrected chi connectivity index (χ3v) is 4.49. The largest absolute Gasteiger partial charge is 0.493 e. The van der Waals surface area contributed by atoms with Crippen molar-refractivity contribution < 1.29 is 23.5 Å². The second-order valence-corrected chi connectivity index (χ2v) is 6.15. The van der Waals surface area contributed by atoms with Crippen molar-refractivity contribution in [1.82, 2.24) is 4.90 Å². The van der Waals surface area contributed by atoms with E-state index in [4.69, 9.17) is 9.47 Å². The summed E-state index contributed by atoms with van der Waals surface area (Å²) in [6.45, 7) is 0.920. The maximum atomic E-state index is 13.0. The number of rotatable bonds is 4. The molecule has 5 nitrogen and oxygen atoms in total. The summed E-state index contributed by atoms with van der Waals surface area (Å²) in [6, 6.07) is 12.5. The van der Waals surface area contributed by atoms with Crippen molar-refractivity contribution in [2.24, 2.45) is 5.92 Å². The van der Waals surface area contributed by atoms with Crippen LogP contribution in [0.15, 0.2) is 48.5 Å². The van der Waals surface area contributed by atoms with Crippen LogP contribution >= 0.6 is 0 Å². The van der Waals surface area contributed by atoms with Gasteiger partial charge in [0.2, 0.25) is 0 Å². The molecule has 1 amide bonds. The molecule has 0 spiro atoms. The smallest absolute Gasteiger partial charge is 0.314 e. The van der Waals surface area contributed by atoms with Crippen LogP contribution in [0, 0.1) is 11.7 Å². The first-order valence-corrected chi connectivity index (χ1v) is 8.48. The number of methoxy groups -OCH3 is 1. The van der Waals surface area contributed by atoms with Gasteiger partial charge in [-0.1, -0.05) is 12.1 Å². The molecule has 0 bridgehead atoms. The number of para-hydroxylation sites is 2. The van der Waals surface area contributed by atoms with Crippen molar-refractivity contribution in [2.45, 2.75) is 12.8 Å². The number of hydrogen-bond acceptors (Lipinski definition) is 4. The minimum atomic E-state index is -0.376. The van der Waals surface area contributed by atoms with Gasteiger partial charge in [-0.15, -0.1) is 0 Å². The third kappa shape index (κ3) is 4.02. The van der Waals surface area contributed by atoms with E-state index in [2.05, 4.69) is 0 Å². The van der Waals surface area contributed by atoms with Gasteiger partial charge < -0.3 is 14.4 Å². The molecule has 6 heteroatoms. The second kappa shape index (κ2) is 7.99. The molecule has 2 aromatic rings. The van der Waals surface area contributed by atoms with Crippen molar-refractivity contribution in [3.8, 4) is 11.5 Å². The van der Waals surface area contributed by atoms with Gasteiger partial charge in [-0.2, -0.15) is 0 Å². The van der Waals surface area contributed by atoms with E-state index in [1.165, 1.54) is 31.4 Å². The fourth-order valence-electron chi connectivity index (χ4n) is 2.99. The molecule has 0 radical (unpaired) electrons. The molecular weight excluding hydrogens is 337 g/mol. The van der Waals surface area contributed by atoms with Crippen molar-refractivity contribution in [2.75, 3.05) is 20.2 Å². The average Bonchev–Trinajstić information content (AvgIpc) is 2.68. The minimum absolute atomic E-state index is 0.151. The number of halogens is 1. The molecular formula is C20H20FNO4. The summed E-state index contributed by atoms with van der Waals surface area (Å²) in [5.74, 6) is -0.212. The van der Waals surface area contributed by atoms with Crippen molar-refractivity contribution in [3.05, 3.63) is 59.9 Å². The summed E-state index contributed by atoms with van der Waals surface area (Å²) in [6.07, 6.45) is 1.06. The molecule has 2 aromatic carbocycles. The summed E-state index contributed by atoms with van der Waals surface area (Å²) in [4.78, 5) is 26.5. The zero-order valence-electron chi connectivity index (χ0n) is 14.5. The highest BCUT2D eigenvalue weighted by Crippen LogP contribution is 2.28. The van der Waals surface area contributed by atoms with Crippen LogP contribution in [0.3, 0.4) is 0 Å². The summed E-state index contributed by atoms with van der Waals surface area (Å²) >= 11 is 0. The molecule has 1 aliphatic rings. The van der Waals surface area contributed by atoms with Gasteiger partial charge in [-0.25, -0.2) is 4.39 Å². The Hall–Kier alpha value is -2.89. The van der Waals surface area contributed by atoms with Crippen LogP contribution in [0.1, 0.15) is 23.2 Å². The van der Waals surface area contributed by atoms with Crippen molar-refractivity contribution in [3.63, 3.8) is 0 Å². The maximum Gasteiger partial charge on any atom is 0.314 e. The molecule has 0 N–H and O–H groups in total. The standard InChI is InChI=1S/C20H20FNO4/c1-25-17-4-2-3-5-18(17)26-20(24)15-10-12-22(13-11-15)19(23)14-6-8-16(21)9-7-14/h2-9,15H,10-13H2,1H3. The Morgan fingerprint density at radius 2 is 1.62 bits per heavy atom. The molecule has 1 fully saturated rings. The summed E-state index contributed by atoms with van der Waals surface area (Å²) in [5, 5.41) is 0. The Balaban J connectivity index is 1.57. The van der Waals surface area contributed by atoms with Crippen LogP contribution in [-0.4, -0.2) is 37.0 Å². The second-order valence-electron chi connectivity index (χ2n) is 6.15. The van der Waals surface area contributed by atoms with E-state index in [-0.39, 0.29) is 23.6 Å². The number of esters is 1. The van der Waals surface area contributed by atoms with E-state index in [0.29, 0.717) is 43.0 Å². The van der Waals surface area contributed by atoms with Gasteiger partial charge in [0, 0.05) is 18.7 Å². The van der Waals surface area contributed by atoms with Crippen LogP contribution in [0.25, 0.3) is 0 Å². The molecule has 0 aromatic heterocycles. The Morgan fingerprint density at radius 3 is 2.23 bits per heavy atom. The van der Waals surface area contributed by atoms with Gasteiger partial charge in [0.15, 0.2) is 11.5 Å². The van der Waals surface area contributed by atoms with Gasteiger partial charge in [0.25, 0.3) is 5.91 Å². The maximum absolute atomic E-state index is 13.0. The number of amides is 1. The molecule has 0 aliphatic carbocycles. The number of piperidine rings is 1. The monoisotopic (exact) mass is 357 g/mol. The van der Waals surface area contributed by atoms with Gasteiger partial charge in [0.1, 0.15) is 5.82 Å². The van der Waals surface area contributed by atoms with Crippen LogP contribution < -0.4 is 9.47 Å². The molecule has 0 unspecified atom stereocenters. The van der Waals surface area contributed by atoms with E-state index >= 15 is 0 Å². The molecule has 3 rings (SSSR count). The first-order chi connectivity index (χ1) is 12.6. The number of carbonyl (C=O) groups excluding carboxylic acids is 2. The lowest BCUT2D eigenvalue weighted by Crippen LogP contribution is -2.41. The average molecular weight is 357 g/mol. The number of nitrogens with zero attached hydrogens (tertiary/aromatic N) is 1. The fourth-order valence-corrected chi connectivity index (χ4v) is 2.99. The Labute approximate surface area is 151 Å². The molecule has 26 heavy (non-hydrogen) atoms. The summed E-state index contributed by atoms with van der Waals surface area (Å²) in [7, 11) is 1.52. The molecule has 0 atom stereocenters. The number of likely N-dealkylation sites (tertiary alicyclic amines) is 1. The molecule has 1 heterocycles. The number of hydrogen-bond donors (Lipinski definition) is 0. The summed E-state index contributed by atoms with van der Waals surface area (Å²) in [5.41, 5.74) is 0.446. The molecule has 1 saturated heterocycles. The zero-order valence-corrected chi connectivity index (χ0v) is 14.5. The van der Waals surface area contributed by atoms with Crippen molar-refractivity contribution >= 4 is 11.9 Å². The highest BCUT2D eigenvalue weighted by molar-refractivity contribution is 5.94. The van der Waals surface area contributed by atoms with E-state index in [1.807, 2.05) is 0 Å². The number of carbonyl (C=O) groups is 2. The predicted octanol–water partition coefficient (Wildman–Crippen LogP) is 3.29. The Bertz CT molecular complexity index is 783. The zero-order chi connectivity index (χ0) is 18.5. The number of benzene rings is 2. The van der Waals surface area contributed by atoms with Crippen molar-refractivity contribution in [1.29, 1.82) is 0 Å². The van der Waals surface area contributed by atoms with E-state index in [1.54, 1.807) is 29.2 Å². The predicted molar refractivity (Wildman–Crippen MR) is 93.7 cm³/mol. The van der Waals surface area contributed by atoms with E-state index in [0.717, 1.165) is 0 Å². The molecule has 0 saturated carbocycles. The lowest BCUT2D eigenvalue weighted by atomic mass is 9.96. The normalized spacial score (nSPS) is 14.8. The number of ether oxygens (including phenoxy) is 2. The van der Waals surface area contributed by atoms with Crippen LogP contribution in [-0.2, 0) is 4.79 Å². The van der Waals surface area contributed by atoms with E-state index < -0.39 is 0 Å². The van der Waals surface area contributed by atoms with Crippen LogP contribution in [0.5, 0.6) is 11.5 Å². The van der Waals surface area contributed by atoms with Gasteiger partial charge in [-0.05, 0) is 49.2 Å². The molecule has 136 valence electrons. The third-order valence-electron chi connectivity index (χ3n) is 4.49. The molecule has 1 aliphatic heterocycles. The first-order valence-electron chi connectivity index (χ1n) is 8.48. The lowest BCUT2D eigenvalue weighted by Gasteiger charge is -2.31. The summed E-state index contributed by atoms with van der Waals surface area (Å²) < 4.78 is 23.6. The van der Waals surface area contributed by atoms with Gasteiger partial charge >= 0.3 is 5.97 Å². The van der Waals surface area contributed by atoms with Gasteiger partial charge in [-0.3, -0.25) is 9.59 Å². The lowest BCUT2D eigenvalue weighted by molar-refractivity contribution is -0.140. The minimum Gasteiger partial charge on any atom is -0.493 e. The van der Waals surface area contributed by atoms with E-state index in [9.17, 15) is 14.0 Å².